The van der Waals surface area contributed by atoms with Gasteiger partial charge in [0.25, 0.3) is 0 Å². The van der Waals surface area contributed by atoms with Crippen molar-refractivity contribution in [1.82, 2.24) is 4.98 Å². The molecule has 17 heavy (non-hydrogen) atoms. The zero-order valence-electron chi connectivity index (χ0n) is 10.5. The molecular weight excluding hydrogens is 216 g/mol. The molecule has 94 valence electrons. The molecule has 0 aliphatic carbocycles. The van der Waals surface area contributed by atoms with Gasteiger partial charge in [-0.05, 0) is 37.8 Å². The Bertz CT molecular complexity index is 375. The minimum atomic E-state index is -0.285. The molecule has 0 saturated carbocycles. The zero-order chi connectivity index (χ0) is 12.3. The Balaban J connectivity index is 2.19. The Morgan fingerprint density at radius 2 is 2.29 bits per heavy atom. The van der Waals surface area contributed by atoms with E-state index in [9.17, 15) is 0 Å². The van der Waals surface area contributed by atoms with Crippen LogP contribution in [0.15, 0.2) is 18.5 Å². The molecule has 0 radical (unpaired) electrons. The van der Waals surface area contributed by atoms with Crippen LogP contribution in [0, 0.1) is 0 Å². The van der Waals surface area contributed by atoms with E-state index in [2.05, 4.69) is 11.9 Å². The lowest BCUT2D eigenvalue weighted by Gasteiger charge is -2.38. The van der Waals surface area contributed by atoms with Gasteiger partial charge in [-0.15, -0.1) is 0 Å². The van der Waals surface area contributed by atoms with Crippen LogP contribution in [0.25, 0.3) is 0 Å². The lowest BCUT2D eigenvalue weighted by Crippen LogP contribution is -2.43. The van der Waals surface area contributed by atoms with Gasteiger partial charge in [0.15, 0.2) is 0 Å². The van der Waals surface area contributed by atoms with Crippen LogP contribution in [0.3, 0.4) is 0 Å². The molecule has 1 aromatic rings. The molecule has 4 nitrogen and oxygen atoms in total. The number of ether oxygens (including phenoxy) is 2. The second-order valence-corrected chi connectivity index (χ2v) is 4.75. The molecule has 1 aromatic heterocycles. The van der Waals surface area contributed by atoms with Gasteiger partial charge in [0.2, 0.25) is 0 Å². The number of pyridine rings is 1. The van der Waals surface area contributed by atoms with Crippen LogP contribution in [-0.2, 0) is 4.74 Å². The summed E-state index contributed by atoms with van der Waals surface area (Å²) in [5.74, 6) is 0.734. The summed E-state index contributed by atoms with van der Waals surface area (Å²) in [6.45, 7) is 2.87. The lowest BCUT2D eigenvalue weighted by molar-refractivity contribution is -0.0821. The van der Waals surface area contributed by atoms with Gasteiger partial charge in [0, 0.05) is 12.8 Å². The van der Waals surface area contributed by atoms with E-state index in [1.807, 2.05) is 6.07 Å². The molecule has 1 aliphatic heterocycles. The molecule has 0 spiro atoms. The molecule has 1 saturated heterocycles. The van der Waals surface area contributed by atoms with Gasteiger partial charge in [-0.3, -0.25) is 4.98 Å². The number of hydrogen-bond donors (Lipinski definition) is 1. The molecule has 2 rings (SSSR count). The first kappa shape index (κ1) is 12.3. The first-order valence-electron chi connectivity index (χ1n) is 6.04. The van der Waals surface area contributed by atoms with Crippen LogP contribution in [-0.4, -0.2) is 24.3 Å². The van der Waals surface area contributed by atoms with Crippen molar-refractivity contribution in [3.05, 3.63) is 24.0 Å². The molecule has 2 heterocycles. The van der Waals surface area contributed by atoms with Crippen molar-refractivity contribution in [2.75, 3.05) is 13.7 Å². The maximum Gasteiger partial charge on any atom is 0.137 e. The number of methoxy groups -OCH3 is 1. The highest BCUT2D eigenvalue weighted by Gasteiger charge is 2.35. The normalized spacial score (nSPS) is 26.5. The van der Waals surface area contributed by atoms with Crippen LogP contribution in [0.1, 0.15) is 37.8 Å². The highest BCUT2D eigenvalue weighted by atomic mass is 16.5. The lowest BCUT2D eigenvalue weighted by atomic mass is 9.85. The molecule has 0 aromatic carbocycles. The summed E-state index contributed by atoms with van der Waals surface area (Å²) < 4.78 is 11.0. The van der Waals surface area contributed by atoms with Gasteiger partial charge in [-0.1, -0.05) is 0 Å². The van der Waals surface area contributed by atoms with Crippen LogP contribution < -0.4 is 10.5 Å². The Morgan fingerprint density at radius 1 is 1.47 bits per heavy atom. The smallest absolute Gasteiger partial charge is 0.137 e. The molecule has 1 fully saturated rings. The standard InChI is InChI=1S/C13H20N2O2/c1-13(5-3-4-6-17-13)12(14)10-7-11(16-2)9-15-8-10/h7-9,12H,3-6,14H2,1-2H3. The minimum absolute atomic E-state index is 0.162. The Hall–Kier alpha value is -1.13. The quantitative estimate of drug-likeness (QED) is 0.872. The largest absolute Gasteiger partial charge is 0.495 e. The van der Waals surface area contributed by atoms with Gasteiger partial charge < -0.3 is 15.2 Å². The van der Waals surface area contributed by atoms with Gasteiger partial charge in [-0.25, -0.2) is 0 Å². The predicted molar refractivity (Wildman–Crippen MR) is 65.9 cm³/mol. The number of hydrogen-bond acceptors (Lipinski definition) is 4. The monoisotopic (exact) mass is 236 g/mol. The summed E-state index contributed by atoms with van der Waals surface area (Å²) in [5.41, 5.74) is 6.99. The average Bonchev–Trinajstić information content (AvgIpc) is 2.39. The van der Waals surface area contributed by atoms with Gasteiger partial charge in [0.1, 0.15) is 5.75 Å². The van der Waals surface area contributed by atoms with E-state index < -0.39 is 0 Å². The third-order valence-corrected chi connectivity index (χ3v) is 3.49. The van der Waals surface area contributed by atoms with Gasteiger partial charge in [-0.2, -0.15) is 0 Å². The number of aromatic nitrogens is 1. The minimum Gasteiger partial charge on any atom is -0.495 e. The van der Waals surface area contributed by atoms with E-state index in [-0.39, 0.29) is 11.6 Å². The van der Waals surface area contributed by atoms with E-state index in [1.165, 1.54) is 6.42 Å². The fraction of sp³-hybridized carbons (Fsp3) is 0.615. The van der Waals surface area contributed by atoms with Crippen LogP contribution in [0.4, 0.5) is 0 Å². The Kier molecular flexibility index (Phi) is 3.64. The Morgan fingerprint density at radius 3 is 2.94 bits per heavy atom. The van der Waals surface area contributed by atoms with E-state index in [1.54, 1.807) is 19.5 Å². The van der Waals surface area contributed by atoms with Crippen LogP contribution >= 0.6 is 0 Å². The third kappa shape index (κ3) is 2.58. The molecule has 1 aliphatic rings. The fourth-order valence-corrected chi connectivity index (χ4v) is 2.27. The molecular formula is C13H20N2O2. The van der Waals surface area contributed by atoms with Crippen LogP contribution in [0.5, 0.6) is 5.75 Å². The topological polar surface area (TPSA) is 57.4 Å². The molecule has 4 heteroatoms. The van der Waals surface area contributed by atoms with Crippen molar-refractivity contribution < 1.29 is 9.47 Å². The first-order valence-corrected chi connectivity index (χ1v) is 6.04. The van der Waals surface area contributed by atoms with Crippen molar-refractivity contribution >= 4 is 0 Å². The first-order chi connectivity index (χ1) is 8.15. The molecule has 0 bridgehead atoms. The van der Waals surface area contributed by atoms with Gasteiger partial charge >= 0.3 is 0 Å². The second-order valence-electron chi connectivity index (χ2n) is 4.75. The van der Waals surface area contributed by atoms with E-state index in [4.69, 9.17) is 15.2 Å². The van der Waals surface area contributed by atoms with Gasteiger partial charge in [0.05, 0.1) is 24.9 Å². The summed E-state index contributed by atoms with van der Waals surface area (Å²) >= 11 is 0. The van der Waals surface area contributed by atoms with E-state index in [0.717, 1.165) is 30.8 Å². The van der Waals surface area contributed by atoms with E-state index >= 15 is 0 Å². The highest BCUT2D eigenvalue weighted by Crippen LogP contribution is 2.35. The Labute approximate surface area is 102 Å². The fourth-order valence-electron chi connectivity index (χ4n) is 2.27. The molecule has 0 amide bonds. The number of nitrogens with zero attached hydrogens (tertiary/aromatic N) is 1. The van der Waals surface area contributed by atoms with Crippen molar-refractivity contribution in [3.63, 3.8) is 0 Å². The maximum atomic E-state index is 6.31. The summed E-state index contributed by atoms with van der Waals surface area (Å²) in [4.78, 5) is 4.14. The molecule has 2 N–H and O–H groups in total. The number of nitrogens with two attached hydrogens (primary N) is 1. The zero-order valence-corrected chi connectivity index (χ0v) is 10.5. The van der Waals surface area contributed by atoms with Crippen molar-refractivity contribution in [1.29, 1.82) is 0 Å². The average molecular weight is 236 g/mol. The summed E-state index contributed by atoms with van der Waals surface area (Å²) in [7, 11) is 1.63. The second kappa shape index (κ2) is 5.02. The number of rotatable bonds is 3. The molecule has 2 unspecified atom stereocenters. The SMILES string of the molecule is COc1cncc(C(N)C2(C)CCCCO2)c1. The van der Waals surface area contributed by atoms with Crippen molar-refractivity contribution in [3.8, 4) is 5.75 Å². The summed E-state index contributed by atoms with van der Waals surface area (Å²) in [6.07, 6.45) is 6.75. The maximum absolute atomic E-state index is 6.31. The molecule has 2 atom stereocenters. The predicted octanol–water partition coefficient (Wildman–Crippen LogP) is 2.05. The van der Waals surface area contributed by atoms with Crippen molar-refractivity contribution in [2.24, 2.45) is 5.73 Å². The van der Waals surface area contributed by atoms with Crippen LogP contribution in [0.2, 0.25) is 0 Å². The van der Waals surface area contributed by atoms with E-state index in [0.29, 0.717) is 0 Å². The van der Waals surface area contributed by atoms with Crippen molar-refractivity contribution in [2.45, 2.75) is 37.8 Å². The highest BCUT2D eigenvalue weighted by molar-refractivity contribution is 5.27. The summed E-state index contributed by atoms with van der Waals surface area (Å²) in [6, 6.07) is 1.77. The summed E-state index contributed by atoms with van der Waals surface area (Å²) in [5, 5.41) is 0. The third-order valence-electron chi connectivity index (χ3n) is 3.49.